The van der Waals surface area contributed by atoms with E-state index < -0.39 is 6.10 Å². The van der Waals surface area contributed by atoms with Gasteiger partial charge < -0.3 is 14.7 Å². The third-order valence-electron chi connectivity index (χ3n) is 5.56. The summed E-state index contributed by atoms with van der Waals surface area (Å²) in [6, 6.07) is 11.4. The number of aromatic nitrogens is 3. The number of rotatable bonds is 8. The van der Waals surface area contributed by atoms with Gasteiger partial charge in [0.15, 0.2) is 0 Å². The van der Waals surface area contributed by atoms with Crippen LogP contribution in [0.4, 0.5) is 4.39 Å². The summed E-state index contributed by atoms with van der Waals surface area (Å²) >= 11 is 0. The first-order valence-electron chi connectivity index (χ1n) is 11.1. The molecular formula is C26H27FN4O3. The van der Waals surface area contributed by atoms with Crippen molar-refractivity contribution in [3.63, 3.8) is 0 Å². The van der Waals surface area contributed by atoms with Crippen LogP contribution in [0, 0.1) is 12.7 Å². The van der Waals surface area contributed by atoms with Crippen LogP contribution in [-0.4, -0.2) is 50.4 Å². The van der Waals surface area contributed by atoms with Gasteiger partial charge in [-0.2, -0.15) is 5.10 Å². The quantitative estimate of drug-likeness (QED) is 0.403. The van der Waals surface area contributed by atoms with Gasteiger partial charge in [0.1, 0.15) is 11.6 Å². The van der Waals surface area contributed by atoms with Crippen molar-refractivity contribution in [2.75, 3.05) is 13.2 Å². The lowest BCUT2D eigenvalue weighted by atomic mass is 10.0. The summed E-state index contributed by atoms with van der Waals surface area (Å²) in [4.78, 5) is 19.5. The number of aromatic amines is 1. The maximum Gasteiger partial charge on any atom is 0.254 e. The number of amides is 1. The number of ether oxygens (including phenoxy) is 1. The average Bonchev–Trinajstić information content (AvgIpc) is 3.31. The molecule has 2 heterocycles. The van der Waals surface area contributed by atoms with Crippen molar-refractivity contribution in [3.05, 3.63) is 77.5 Å². The molecule has 1 amide bonds. The van der Waals surface area contributed by atoms with Crippen molar-refractivity contribution < 1.29 is 19.0 Å². The summed E-state index contributed by atoms with van der Waals surface area (Å²) in [7, 11) is 0. The molecule has 1 atom stereocenters. The first-order chi connectivity index (χ1) is 16.4. The summed E-state index contributed by atoms with van der Waals surface area (Å²) in [5.41, 5.74) is 4.22. The molecule has 0 aliphatic heterocycles. The zero-order chi connectivity index (χ0) is 24.2. The van der Waals surface area contributed by atoms with Gasteiger partial charge in [-0.05, 0) is 56.7 Å². The average molecular weight is 463 g/mol. The lowest BCUT2D eigenvalue weighted by Gasteiger charge is -2.25. The molecule has 34 heavy (non-hydrogen) atoms. The highest BCUT2D eigenvalue weighted by molar-refractivity contribution is 5.96. The highest BCUT2D eigenvalue weighted by Gasteiger charge is 2.22. The Kier molecular flexibility index (Phi) is 6.88. The third-order valence-corrected chi connectivity index (χ3v) is 5.56. The minimum absolute atomic E-state index is 0.137. The van der Waals surface area contributed by atoms with Gasteiger partial charge in [0.25, 0.3) is 5.91 Å². The molecule has 4 rings (SSSR count). The number of fused-ring (bicyclic) bond motifs is 1. The fourth-order valence-corrected chi connectivity index (χ4v) is 3.99. The van der Waals surface area contributed by atoms with E-state index in [9.17, 15) is 14.3 Å². The standard InChI is InChI=1S/C26H27FN4O3/c1-4-34-24-11-19(8-9-22(24)18-6-5-7-21(27)10-18)26(33)31(14-16(2)32)15-20-12-28-17(3)23-13-29-30-25(20)23/h5-13,16,32H,4,14-15H2,1-3H3,(H,29,30). The fourth-order valence-electron chi connectivity index (χ4n) is 3.99. The van der Waals surface area contributed by atoms with E-state index in [1.807, 2.05) is 13.8 Å². The zero-order valence-corrected chi connectivity index (χ0v) is 19.4. The number of nitrogens with one attached hydrogen (secondary N) is 1. The molecule has 8 heteroatoms. The van der Waals surface area contributed by atoms with E-state index >= 15 is 0 Å². The van der Waals surface area contributed by atoms with Crippen LogP contribution < -0.4 is 4.74 Å². The number of halogens is 1. The highest BCUT2D eigenvalue weighted by atomic mass is 19.1. The monoisotopic (exact) mass is 462 g/mol. The molecule has 176 valence electrons. The number of hydrogen-bond donors (Lipinski definition) is 2. The van der Waals surface area contributed by atoms with Gasteiger partial charge in [-0.1, -0.05) is 12.1 Å². The first-order valence-corrected chi connectivity index (χ1v) is 11.1. The van der Waals surface area contributed by atoms with Crippen LogP contribution in [0.5, 0.6) is 5.75 Å². The predicted octanol–water partition coefficient (Wildman–Crippen LogP) is 4.49. The molecule has 4 aromatic rings. The summed E-state index contributed by atoms with van der Waals surface area (Å²) in [5.74, 6) is -0.121. The maximum atomic E-state index is 13.8. The Labute approximate surface area is 197 Å². The molecule has 1 unspecified atom stereocenters. The molecule has 0 aliphatic rings. The molecule has 0 fully saturated rings. The molecule has 0 saturated carbocycles. The number of hydrogen-bond acceptors (Lipinski definition) is 5. The molecule has 0 saturated heterocycles. The van der Waals surface area contributed by atoms with Crippen molar-refractivity contribution in [3.8, 4) is 16.9 Å². The largest absolute Gasteiger partial charge is 0.493 e. The summed E-state index contributed by atoms with van der Waals surface area (Å²) in [5, 5.41) is 18.1. The van der Waals surface area contributed by atoms with Crippen molar-refractivity contribution in [2.45, 2.75) is 33.4 Å². The van der Waals surface area contributed by atoms with Gasteiger partial charge in [-0.25, -0.2) is 4.39 Å². The van der Waals surface area contributed by atoms with Crippen LogP contribution in [0.1, 0.15) is 35.5 Å². The van der Waals surface area contributed by atoms with E-state index in [-0.39, 0.29) is 24.8 Å². The summed E-state index contributed by atoms with van der Waals surface area (Å²) in [6.45, 7) is 6.16. The van der Waals surface area contributed by atoms with E-state index in [0.717, 1.165) is 22.2 Å². The second-order valence-corrected chi connectivity index (χ2v) is 8.22. The normalized spacial score (nSPS) is 12.0. The Bertz CT molecular complexity index is 1320. The van der Waals surface area contributed by atoms with E-state index in [2.05, 4.69) is 15.2 Å². The van der Waals surface area contributed by atoms with Crippen molar-refractivity contribution in [1.82, 2.24) is 20.1 Å². The lowest BCUT2D eigenvalue weighted by molar-refractivity contribution is 0.0631. The fraction of sp³-hybridized carbons (Fsp3) is 0.269. The van der Waals surface area contributed by atoms with E-state index in [4.69, 9.17) is 4.74 Å². The predicted molar refractivity (Wildman–Crippen MR) is 128 cm³/mol. The third kappa shape index (κ3) is 4.92. The zero-order valence-electron chi connectivity index (χ0n) is 19.4. The molecule has 2 N–H and O–H groups in total. The van der Waals surface area contributed by atoms with Crippen LogP contribution in [0.25, 0.3) is 22.0 Å². The number of carbonyl (C=O) groups excluding carboxylic acids is 1. The van der Waals surface area contributed by atoms with Gasteiger partial charge in [0.2, 0.25) is 0 Å². The number of H-pyrrole nitrogens is 1. The van der Waals surface area contributed by atoms with Gasteiger partial charge in [-0.15, -0.1) is 0 Å². The Morgan fingerprint density at radius 3 is 2.79 bits per heavy atom. The SMILES string of the molecule is CCOc1cc(C(=O)N(Cc2cnc(C)c3cn[nH]c23)CC(C)O)ccc1-c1cccc(F)c1. The van der Waals surface area contributed by atoms with Crippen LogP contribution >= 0.6 is 0 Å². The number of aryl methyl sites for hydroxylation is 1. The number of benzene rings is 2. The maximum absolute atomic E-state index is 13.8. The minimum Gasteiger partial charge on any atom is -0.493 e. The highest BCUT2D eigenvalue weighted by Crippen LogP contribution is 2.32. The minimum atomic E-state index is -0.724. The molecule has 2 aromatic carbocycles. The second kappa shape index (κ2) is 10.0. The van der Waals surface area contributed by atoms with Crippen LogP contribution in [0.3, 0.4) is 0 Å². The topological polar surface area (TPSA) is 91.3 Å². The van der Waals surface area contributed by atoms with E-state index in [1.54, 1.807) is 54.5 Å². The number of aliphatic hydroxyl groups is 1. The molecule has 0 bridgehead atoms. The van der Waals surface area contributed by atoms with Crippen molar-refractivity contribution >= 4 is 16.8 Å². The van der Waals surface area contributed by atoms with Gasteiger partial charge in [-0.3, -0.25) is 14.9 Å². The van der Waals surface area contributed by atoms with Crippen LogP contribution in [0.2, 0.25) is 0 Å². The Morgan fingerprint density at radius 2 is 2.06 bits per heavy atom. The molecule has 2 aromatic heterocycles. The Hall–Kier alpha value is -3.78. The summed E-state index contributed by atoms with van der Waals surface area (Å²) < 4.78 is 19.6. The summed E-state index contributed by atoms with van der Waals surface area (Å²) in [6.07, 6.45) is 2.70. The van der Waals surface area contributed by atoms with Crippen molar-refractivity contribution in [1.29, 1.82) is 0 Å². The number of carbonyl (C=O) groups is 1. The van der Waals surface area contributed by atoms with Gasteiger partial charge >= 0.3 is 0 Å². The second-order valence-electron chi connectivity index (χ2n) is 8.22. The number of pyridine rings is 1. The van der Waals surface area contributed by atoms with Gasteiger partial charge in [0, 0.05) is 47.1 Å². The first kappa shape index (κ1) is 23.4. The smallest absolute Gasteiger partial charge is 0.254 e. The number of aliphatic hydroxyl groups excluding tert-OH is 1. The van der Waals surface area contributed by atoms with Crippen molar-refractivity contribution in [2.24, 2.45) is 0 Å². The van der Waals surface area contributed by atoms with Crippen LogP contribution in [-0.2, 0) is 6.54 Å². The lowest BCUT2D eigenvalue weighted by Crippen LogP contribution is -2.36. The molecule has 7 nitrogen and oxygen atoms in total. The van der Waals surface area contributed by atoms with E-state index in [0.29, 0.717) is 29.0 Å². The van der Waals surface area contributed by atoms with Gasteiger partial charge in [0.05, 0.1) is 24.4 Å². The molecule has 0 spiro atoms. The van der Waals surface area contributed by atoms with Crippen LogP contribution in [0.15, 0.2) is 54.9 Å². The van der Waals surface area contributed by atoms with E-state index in [1.165, 1.54) is 12.1 Å². The number of nitrogens with zero attached hydrogens (tertiary/aromatic N) is 3. The Balaban J connectivity index is 1.69. The molecular weight excluding hydrogens is 435 g/mol. The Morgan fingerprint density at radius 1 is 1.24 bits per heavy atom. The molecule has 0 aliphatic carbocycles. The molecule has 0 radical (unpaired) electrons.